The molecule has 1 aromatic heterocycles. The van der Waals surface area contributed by atoms with Gasteiger partial charge < -0.3 is 9.72 Å². The molecule has 1 rings (SSSR count). The van der Waals surface area contributed by atoms with Crippen molar-refractivity contribution in [2.24, 2.45) is 9.98 Å². The maximum absolute atomic E-state index is 11.6. The van der Waals surface area contributed by atoms with Gasteiger partial charge in [0.1, 0.15) is 0 Å². The predicted octanol–water partition coefficient (Wildman–Crippen LogP) is 3.14. The van der Waals surface area contributed by atoms with Gasteiger partial charge in [-0.15, -0.1) is 0 Å². The lowest BCUT2D eigenvalue weighted by Gasteiger charge is -1.99. The highest BCUT2D eigenvalue weighted by molar-refractivity contribution is 6.65. The van der Waals surface area contributed by atoms with Crippen molar-refractivity contribution in [3.8, 4) is 0 Å². The SMILES string of the molecule is CCC/C=c1/[nH]c(C(CC)=NC(Cl)=NCC)c/c1=C/CC(=O)OCC. The monoisotopic (exact) mass is 365 g/mol. The summed E-state index contributed by atoms with van der Waals surface area (Å²) in [5.41, 5.74) is 1.73. The number of unbranched alkanes of at least 4 members (excludes halogenated alkanes) is 1. The van der Waals surface area contributed by atoms with Crippen LogP contribution < -0.4 is 10.6 Å². The van der Waals surface area contributed by atoms with E-state index in [1.807, 2.05) is 26.0 Å². The van der Waals surface area contributed by atoms with Gasteiger partial charge in [-0.3, -0.25) is 9.79 Å². The Morgan fingerprint density at radius 2 is 2.04 bits per heavy atom. The number of carbonyl (C=O) groups excluding carboxylic acids is 1. The number of rotatable bonds is 8. The number of H-pyrrole nitrogens is 1. The molecule has 0 saturated carbocycles. The lowest BCUT2D eigenvalue weighted by molar-refractivity contribution is -0.141. The van der Waals surface area contributed by atoms with E-state index in [4.69, 9.17) is 16.3 Å². The van der Waals surface area contributed by atoms with Crippen molar-refractivity contribution >= 4 is 40.7 Å². The summed E-state index contributed by atoms with van der Waals surface area (Å²) in [7, 11) is 0. The summed E-state index contributed by atoms with van der Waals surface area (Å²) in [5, 5.41) is 2.22. The minimum atomic E-state index is -0.228. The molecule has 0 aliphatic rings. The van der Waals surface area contributed by atoms with Crippen molar-refractivity contribution in [2.45, 2.75) is 53.4 Å². The number of nitrogens with zero attached hydrogens (tertiary/aromatic N) is 2. The van der Waals surface area contributed by atoms with Crippen LogP contribution in [0.3, 0.4) is 0 Å². The zero-order valence-corrected chi connectivity index (χ0v) is 16.3. The van der Waals surface area contributed by atoms with Crippen LogP contribution in [0.1, 0.15) is 59.1 Å². The fourth-order valence-corrected chi connectivity index (χ4v) is 2.51. The van der Waals surface area contributed by atoms with Crippen LogP contribution in [0.15, 0.2) is 16.1 Å². The first-order valence-corrected chi connectivity index (χ1v) is 9.26. The van der Waals surface area contributed by atoms with E-state index < -0.39 is 0 Å². The molecule has 0 bridgehead atoms. The third-order valence-corrected chi connectivity index (χ3v) is 3.68. The molecule has 0 amide bonds. The van der Waals surface area contributed by atoms with Crippen LogP contribution in [0, 0.1) is 0 Å². The zero-order chi connectivity index (χ0) is 18.7. The van der Waals surface area contributed by atoms with Gasteiger partial charge in [-0.1, -0.05) is 32.4 Å². The number of esters is 1. The van der Waals surface area contributed by atoms with Gasteiger partial charge in [-0.05, 0) is 49.6 Å². The van der Waals surface area contributed by atoms with E-state index in [1.165, 1.54) is 0 Å². The molecule has 0 spiro atoms. The molecule has 138 valence electrons. The summed E-state index contributed by atoms with van der Waals surface area (Å²) in [6.07, 6.45) is 6.99. The Balaban J connectivity index is 3.28. The van der Waals surface area contributed by atoms with Crippen LogP contribution in [0.5, 0.6) is 0 Å². The second-order valence-electron chi connectivity index (χ2n) is 5.41. The minimum Gasteiger partial charge on any atom is -0.466 e. The molecule has 1 aromatic rings. The fourth-order valence-electron chi connectivity index (χ4n) is 2.29. The third kappa shape index (κ3) is 7.26. The van der Waals surface area contributed by atoms with Gasteiger partial charge in [-0.25, -0.2) is 4.99 Å². The van der Waals surface area contributed by atoms with E-state index >= 15 is 0 Å². The number of ether oxygens (including phenoxy) is 1. The molecule has 0 unspecified atom stereocenters. The van der Waals surface area contributed by atoms with Gasteiger partial charge >= 0.3 is 5.97 Å². The molecule has 0 saturated heterocycles. The number of hydrogen-bond acceptors (Lipinski definition) is 3. The number of aliphatic imine (C=N–C) groups is 2. The first-order chi connectivity index (χ1) is 12.0. The first kappa shape index (κ1) is 21.2. The number of halogens is 1. The molecular formula is C19H28ClN3O2. The number of aromatic nitrogens is 1. The van der Waals surface area contributed by atoms with Crippen LogP contribution in [-0.2, 0) is 9.53 Å². The minimum absolute atomic E-state index is 0.228. The van der Waals surface area contributed by atoms with Crippen LogP contribution in [-0.4, -0.2) is 35.1 Å². The summed E-state index contributed by atoms with van der Waals surface area (Å²) >= 11 is 6.04. The highest BCUT2D eigenvalue weighted by atomic mass is 35.5. The Bertz CT molecular complexity index is 732. The van der Waals surface area contributed by atoms with Gasteiger partial charge in [-0.2, -0.15) is 0 Å². The molecule has 6 heteroatoms. The highest BCUT2D eigenvalue weighted by Crippen LogP contribution is 2.02. The maximum Gasteiger partial charge on any atom is 0.309 e. The molecule has 5 nitrogen and oxygen atoms in total. The van der Waals surface area contributed by atoms with E-state index in [0.717, 1.165) is 41.2 Å². The smallest absolute Gasteiger partial charge is 0.309 e. The zero-order valence-electron chi connectivity index (χ0n) is 15.6. The van der Waals surface area contributed by atoms with Gasteiger partial charge in [0.15, 0.2) is 0 Å². The largest absolute Gasteiger partial charge is 0.466 e. The van der Waals surface area contributed by atoms with E-state index in [2.05, 4.69) is 28.0 Å². The Hall–Kier alpha value is -1.88. The van der Waals surface area contributed by atoms with Crippen LogP contribution in [0.4, 0.5) is 0 Å². The molecule has 0 radical (unpaired) electrons. The Morgan fingerprint density at radius 1 is 1.28 bits per heavy atom. The second-order valence-corrected chi connectivity index (χ2v) is 5.75. The summed E-state index contributed by atoms with van der Waals surface area (Å²) < 4.78 is 4.99. The number of hydrogen-bond donors (Lipinski definition) is 1. The van der Waals surface area contributed by atoms with Crippen molar-refractivity contribution in [1.29, 1.82) is 0 Å². The van der Waals surface area contributed by atoms with Crippen molar-refractivity contribution in [2.75, 3.05) is 13.2 Å². The van der Waals surface area contributed by atoms with Crippen molar-refractivity contribution in [1.82, 2.24) is 4.98 Å². The predicted molar refractivity (Wildman–Crippen MR) is 106 cm³/mol. The van der Waals surface area contributed by atoms with Crippen LogP contribution in [0.25, 0.3) is 12.2 Å². The maximum atomic E-state index is 11.6. The quantitative estimate of drug-likeness (QED) is 0.333. The fraction of sp³-hybridized carbons (Fsp3) is 0.526. The van der Waals surface area contributed by atoms with Crippen molar-refractivity contribution < 1.29 is 9.53 Å². The van der Waals surface area contributed by atoms with Crippen molar-refractivity contribution in [3.05, 3.63) is 22.3 Å². The average Bonchev–Trinajstić information content (AvgIpc) is 2.99. The topological polar surface area (TPSA) is 66.8 Å². The summed E-state index contributed by atoms with van der Waals surface area (Å²) in [5.74, 6) is -0.228. The second kappa shape index (κ2) is 11.6. The standard InChI is InChI=1S/C19H28ClN3O2/c1-5-9-10-16-14(11-12-18(24)25-8-4)13-17(22-16)15(6-2)23-19(20)21-7-3/h10-11,13,22H,5-9,12H2,1-4H3/b14-11-,16-10+,21-19?,23-15?. The summed E-state index contributed by atoms with van der Waals surface area (Å²) in [6.45, 7) is 8.85. The van der Waals surface area contributed by atoms with E-state index in [-0.39, 0.29) is 17.7 Å². The molecule has 0 aliphatic carbocycles. The van der Waals surface area contributed by atoms with Gasteiger partial charge in [0.05, 0.1) is 24.4 Å². The van der Waals surface area contributed by atoms with E-state index in [0.29, 0.717) is 13.2 Å². The van der Waals surface area contributed by atoms with Crippen molar-refractivity contribution in [3.63, 3.8) is 0 Å². The number of aromatic amines is 1. The number of carbonyl (C=O) groups is 1. The first-order valence-electron chi connectivity index (χ1n) is 8.88. The van der Waals surface area contributed by atoms with Gasteiger partial charge in [0.25, 0.3) is 0 Å². The lowest BCUT2D eigenvalue weighted by atomic mass is 10.2. The molecule has 0 aromatic carbocycles. The van der Waals surface area contributed by atoms with Gasteiger partial charge in [0.2, 0.25) is 5.29 Å². The molecule has 0 atom stereocenters. The third-order valence-electron chi connectivity index (χ3n) is 3.47. The Labute approximate surface area is 154 Å². The normalized spacial score (nSPS) is 14.3. The molecular weight excluding hydrogens is 338 g/mol. The summed E-state index contributed by atoms with van der Waals surface area (Å²) in [4.78, 5) is 23.5. The molecule has 0 aliphatic heterocycles. The molecule has 0 fully saturated rings. The Kier molecular flexibility index (Phi) is 9.85. The highest BCUT2D eigenvalue weighted by Gasteiger charge is 2.06. The van der Waals surface area contributed by atoms with E-state index in [1.54, 1.807) is 6.92 Å². The van der Waals surface area contributed by atoms with Crippen LogP contribution >= 0.6 is 11.6 Å². The average molecular weight is 366 g/mol. The Morgan fingerprint density at radius 3 is 2.64 bits per heavy atom. The number of amidine groups is 1. The van der Waals surface area contributed by atoms with Crippen LogP contribution in [0.2, 0.25) is 0 Å². The molecule has 1 N–H and O–H groups in total. The lowest BCUT2D eigenvalue weighted by Crippen LogP contribution is -2.22. The molecule has 1 heterocycles. The number of nitrogens with one attached hydrogen (secondary N) is 1. The summed E-state index contributed by atoms with van der Waals surface area (Å²) in [6, 6.07) is 2.00. The molecule has 25 heavy (non-hydrogen) atoms. The van der Waals surface area contributed by atoms with E-state index in [9.17, 15) is 4.79 Å². The van der Waals surface area contributed by atoms with Gasteiger partial charge in [0, 0.05) is 11.9 Å².